The Morgan fingerprint density at radius 2 is 2.30 bits per heavy atom. The highest BCUT2D eigenvalue weighted by Gasteiger charge is 2.50. The molecule has 3 heterocycles. The van der Waals surface area contributed by atoms with Crippen molar-refractivity contribution in [2.24, 2.45) is 11.3 Å². The first-order valence-electron chi connectivity index (χ1n) is 8.07. The first-order valence-corrected chi connectivity index (χ1v) is 8.89. The van der Waals surface area contributed by atoms with E-state index in [2.05, 4.69) is 15.4 Å². The number of carbonyl (C=O) groups excluding carboxylic acids is 1. The smallest absolute Gasteiger partial charge is 0.223 e. The van der Waals surface area contributed by atoms with Crippen molar-refractivity contribution in [1.29, 1.82) is 0 Å². The molecule has 1 saturated carbocycles. The van der Waals surface area contributed by atoms with Crippen molar-refractivity contribution < 1.29 is 9.53 Å². The molecular weight excluding hydrogens is 312 g/mol. The molecule has 1 saturated heterocycles. The summed E-state index contributed by atoms with van der Waals surface area (Å²) in [4.78, 5) is 17.9. The molecule has 1 amide bonds. The fraction of sp³-hybridized carbons (Fsp3) is 0.562. The highest BCUT2D eigenvalue weighted by atomic mass is 32.1. The average molecular weight is 332 g/mol. The number of hydrogen-bond acceptors (Lipinski definition) is 5. The van der Waals surface area contributed by atoms with Gasteiger partial charge in [0, 0.05) is 42.6 Å². The van der Waals surface area contributed by atoms with Crippen LogP contribution in [0.1, 0.15) is 30.6 Å². The van der Waals surface area contributed by atoms with Gasteiger partial charge in [0.05, 0.1) is 6.54 Å². The molecule has 1 unspecified atom stereocenters. The summed E-state index contributed by atoms with van der Waals surface area (Å²) in [6.45, 7) is 2.14. The molecule has 1 aliphatic carbocycles. The standard InChI is InChI=1S/C16H20N4O2S/c21-14(13-2-3-16(13)4-8-22-9-5-16)17-10-12-11-18-15(23-12)20-7-1-6-19-20/h1,6-7,11,13H,2-5,8-10H2,(H,17,21). The lowest BCUT2D eigenvalue weighted by molar-refractivity contribution is -0.144. The third-order valence-electron chi connectivity index (χ3n) is 5.15. The van der Waals surface area contributed by atoms with E-state index in [1.165, 1.54) is 6.42 Å². The maximum absolute atomic E-state index is 12.5. The molecule has 4 rings (SSSR count). The molecule has 0 radical (unpaired) electrons. The van der Waals surface area contributed by atoms with Crippen molar-refractivity contribution >= 4 is 17.2 Å². The fourth-order valence-electron chi connectivity index (χ4n) is 3.65. The first kappa shape index (κ1) is 14.8. The molecule has 2 fully saturated rings. The number of aromatic nitrogens is 3. The molecule has 1 spiro atoms. The highest BCUT2D eigenvalue weighted by molar-refractivity contribution is 7.14. The van der Waals surface area contributed by atoms with Crippen LogP contribution in [0.2, 0.25) is 0 Å². The topological polar surface area (TPSA) is 69.0 Å². The summed E-state index contributed by atoms with van der Waals surface area (Å²) < 4.78 is 7.18. The minimum atomic E-state index is 0.157. The molecule has 1 N–H and O–H groups in total. The van der Waals surface area contributed by atoms with E-state index in [0.29, 0.717) is 6.54 Å². The molecule has 23 heavy (non-hydrogen) atoms. The average Bonchev–Trinajstić information content (AvgIpc) is 3.24. The third kappa shape index (κ3) is 2.79. The zero-order chi connectivity index (χ0) is 15.7. The molecule has 0 bridgehead atoms. The zero-order valence-corrected chi connectivity index (χ0v) is 13.7. The number of thiazole rings is 1. The molecule has 122 valence electrons. The fourth-order valence-corrected chi connectivity index (χ4v) is 4.44. The monoisotopic (exact) mass is 332 g/mol. The van der Waals surface area contributed by atoms with Gasteiger partial charge >= 0.3 is 0 Å². The van der Waals surface area contributed by atoms with Gasteiger partial charge in [-0.3, -0.25) is 4.79 Å². The van der Waals surface area contributed by atoms with Crippen LogP contribution in [-0.2, 0) is 16.1 Å². The van der Waals surface area contributed by atoms with Crippen LogP contribution in [0.3, 0.4) is 0 Å². The molecule has 2 aromatic heterocycles. The lowest BCUT2D eigenvalue weighted by Gasteiger charge is -2.50. The second-order valence-corrected chi connectivity index (χ2v) is 7.44. The van der Waals surface area contributed by atoms with E-state index in [0.717, 1.165) is 42.5 Å². The van der Waals surface area contributed by atoms with Gasteiger partial charge in [0.25, 0.3) is 0 Å². The number of rotatable bonds is 4. The van der Waals surface area contributed by atoms with E-state index in [1.54, 1.807) is 22.2 Å². The van der Waals surface area contributed by atoms with Gasteiger partial charge in [-0.15, -0.1) is 0 Å². The van der Waals surface area contributed by atoms with Gasteiger partial charge in [0.2, 0.25) is 11.0 Å². The van der Waals surface area contributed by atoms with Crippen molar-refractivity contribution in [3.05, 3.63) is 29.5 Å². The van der Waals surface area contributed by atoms with E-state index in [4.69, 9.17) is 4.74 Å². The number of nitrogens with one attached hydrogen (secondary N) is 1. The second-order valence-electron chi connectivity index (χ2n) is 6.34. The maximum Gasteiger partial charge on any atom is 0.223 e. The van der Waals surface area contributed by atoms with Crippen molar-refractivity contribution in [2.75, 3.05) is 13.2 Å². The molecule has 1 aliphatic heterocycles. The molecule has 7 heteroatoms. The van der Waals surface area contributed by atoms with Gasteiger partial charge < -0.3 is 10.1 Å². The van der Waals surface area contributed by atoms with Gasteiger partial charge in [-0.2, -0.15) is 5.10 Å². The van der Waals surface area contributed by atoms with Crippen LogP contribution < -0.4 is 5.32 Å². The second kappa shape index (κ2) is 6.05. The predicted molar refractivity (Wildman–Crippen MR) is 86.3 cm³/mol. The van der Waals surface area contributed by atoms with Crippen LogP contribution in [0.15, 0.2) is 24.7 Å². The van der Waals surface area contributed by atoms with Gasteiger partial charge in [-0.05, 0) is 37.2 Å². The molecule has 0 aromatic carbocycles. The zero-order valence-electron chi connectivity index (χ0n) is 12.9. The summed E-state index contributed by atoms with van der Waals surface area (Å²) in [5, 5.41) is 8.08. The summed E-state index contributed by atoms with van der Waals surface area (Å²) in [5.74, 6) is 0.345. The van der Waals surface area contributed by atoms with Gasteiger partial charge in [-0.1, -0.05) is 11.3 Å². The Bertz CT molecular complexity index is 676. The number of carbonyl (C=O) groups is 1. The third-order valence-corrected chi connectivity index (χ3v) is 6.14. The molecule has 1 atom stereocenters. The number of ether oxygens (including phenoxy) is 1. The summed E-state index contributed by atoms with van der Waals surface area (Å²) in [7, 11) is 0. The van der Waals surface area contributed by atoms with Crippen LogP contribution in [-0.4, -0.2) is 33.9 Å². The lowest BCUT2D eigenvalue weighted by atomic mass is 9.56. The van der Waals surface area contributed by atoms with Crippen LogP contribution >= 0.6 is 11.3 Å². The normalized spacial score (nSPS) is 22.7. The Kier molecular flexibility index (Phi) is 3.90. The van der Waals surface area contributed by atoms with Crippen molar-refractivity contribution in [3.8, 4) is 5.13 Å². The number of nitrogens with zero attached hydrogens (tertiary/aromatic N) is 3. The molecule has 6 nitrogen and oxygen atoms in total. The summed E-state index contributed by atoms with van der Waals surface area (Å²) in [6, 6.07) is 1.87. The number of hydrogen-bond donors (Lipinski definition) is 1. The molecule has 2 aliphatic rings. The van der Waals surface area contributed by atoms with E-state index >= 15 is 0 Å². The van der Waals surface area contributed by atoms with E-state index in [9.17, 15) is 4.79 Å². The number of amides is 1. The van der Waals surface area contributed by atoms with Crippen LogP contribution in [0.5, 0.6) is 0 Å². The Labute approximate surface area is 138 Å². The van der Waals surface area contributed by atoms with Crippen LogP contribution in [0.4, 0.5) is 0 Å². The van der Waals surface area contributed by atoms with Gasteiger partial charge in [-0.25, -0.2) is 9.67 Å². The van der Waals surface area contributed by atoms with Crippen molar-refractivity contribution in [3.63, 3.8) is 0 Å². The SMILES string of the molecule is O=C(NCc1cnc(-n2cccn2)s1)C1CCC12CCOCC2. The Morgan fingerprint density at radius 1 is 1.43 bits per heavy atom. The van der Waals surface area contributed by atoms with E-state index in [1.807, 2.05) is 18.5 Å². The van der Waals surface area contributed by atoms with Gasteiger partial charge in [0.15, 0.2) is 0 Å². The Morgan fingerprint density at radius 3 is 3.00 bits per heavy atom. The van der Waals surface area contributed by atoms with Crippen LogP contribution in [0, 0.1) is 11.3 Å². The van der Waals surface area contributed by atoms with Crippen LogP contribution in [0.25, 0.3) is 5.13 Å². The summed E-state index contributed by atoms with van der Waals surface area (Å²) in [6.07, 6.45) is 9.62. The molecular formula is C16H20N4O2S. The largest absolute Gasteiger partial charge is 0.381 e. The summed E-state index contributed by atoms with van der Waals surface area (Å²) >= 11 is 1.55. The lowest BCUT2D eigenvalue weighted by Crippen LogP contribution is -2.51. The van der Waals surface area contributed by atoms with E-state index < -0.39 is 0 Å². The minimum Gasteiger partial charge on any atom is -0.381 e. The minimum absolute atomic E-state index is 0.157. The van der Waals surface area contributed by atoms with E-state index in [-0.39, 0.29) is 17.2 Å². The van der Waals surface area contributed by atoms with Crippen molar-refractivity contribution in [1.82, 2.24) is 20.1 Å². The maximum atomic E-state index is 12.5. The molecule has 2 aromatic rings. The predicted octanol–water partition coefficient (Wildman–Crippen LogP) is 2.15. The Balaban J connectivity index is 1.35. The summed E-state index contributed by atoms with van der Waals surface area (Å²) in [5.41, 5.74) is 0.205. The van der Waals surface area contributed by atoms with Gasteiger partial charge in [0.1, 0.15) is 0 Å². The quantitative estimate of drug-likeness (QED) is 0.931. The Hall–Kier alpha value is -1.73. The van der Waals surface area contributed by atoms with Crippen molar-refractivity contribution in [2.45, 2.75) is 32.2 Å². The highest BCUT2D eigenvalue weighted by Crippen LogP contribution is 2.53. The first-order chi connectivity index (χ1) is 11.3.